The molecule has 0 aromatic heterocycles. The summed E-state index contributed by atoms with van der Waals surface area (Å²) in [5.41, 5.74) is 1.38. The minimum Gasteiger partial charge on any atom is -0.346 e. The van der Waals surface area contributed by atoms with E-state index in [-0.39, 0.29) is 17.7 Å². The van der Waals surface area contributed by atoms with Crippen molar-refractivity contribution in [1.82, 2.24) is 5.32 Å². The van der Waals surface area contributed by atoms with E-state index >= 15 is 0 Å². The maximum absolute atomic E-state index is 11.7. The molecule has 1 amide bonds. The minimum atomic E-state index is -0.310. The molecule has 0 aliphatic carbocycles. The van der Waals surface area contributed by atoms with Gasteiger partial charge in [0.15, 0.2) is 5.78 Å². The second kappa shape index (κ2) is 10.1. The smallest absolute Gasteiger partial charge is 0.220 e. The van der Waals surface area contributed by atoms with Crippen molar-refractivity contribution in [3.63, 3.8) is 0 Å². The highest BCUT2D eigenvalue weighted by atomic mass is 16.2. The summed E-state index contributed by atoms with van der Waals surface area (Å²) in [6.45, 7) is 3.44. The van der Waals surface area contributed by atoms with E-state index in [0.717, 1.165) is 32.1 Å². The highest BCUT2D eigenvalue weighted by Gasteiger charge is 2.13. The summed E-state index contributed by atoms with van der Waals surface area (Å²) in [6.07, 6.45) is 6.57. The van der Waals surface area contributed by atoms with Gasteiger partial charge < -0.3 is 5.32 Å². The first kappa shape index (κ1) is 17.4. The van der Waals surface area contributed by atoms with Crippen molar-refractivity contribution in [2.45, 2.75) is 64.8 Å². The Morgan fingerprint density at radius 2 is 1.71 bits per heavy atom. The lowest BCUT2D eigenvalue weighted by atomic mass is 10.1. The fourth-order valence-electron chi connectivity index (χ4n) is 2.37. The lowest BCUT2D eigenvalue weighted by Gasteiger charge is -2.13. The van der Waals surface area contributed by atoms with Gasteiger partial charge in [-0.1, -0.05) is 50.1 Å². The van der Waals surface area contributed by atoms with Crippen molar-refractivity contribution in [3.8, 4) is 0 Å². The van der Waals surface area contributed by atoms with Crippen molar-refractivity contribution in [1.29, 1.82) is 0 Å². The molecule has 0 fully saturated rings. The molecule has 21 heavy (non-hydrogen) atoms. The molecule has 1 aromatic rings. The molecule has 0 saturated carbocycles. The van der Waals surface area contributed by atoms with Gasteiger partial charge in [-0.3, -0.25) is 9.59 Å². The largest absolute Gasteiger partial charge is 0.346 e. The molecule has 0 spiro atoms. The van der Waals surface area contributed by atoms with Gasteiger partial charge in [-0.05, 0) is 38.2 Å². The van der Waals surface area contributed by atoms with Crippen LogP contribution in [0.4, 0.5) is 0 Å². The first-order valence-corrected chi connectivity index (χ1v) is 7.97. The molecule has 1 N–H and O–H groups in total. The molecule has 1 rings (SSSR count). The van der Waals surface area contributed by atoms with Crippen LogP contribution in [-0.2, 0) is 16.0 Å². The average Bonchev–Trinajstić information content (AvgIpc) is 2.49. The molecule has 0 unspecified atom stereocenters. The van der Waals surface area contributed by atoms with Gasteiger partial charge in [-0.2, -0.15) is 0 Å². The Kier molecular flexibility index (Phi) is 8.41. The Balaban J connectivity index is 2.06. The number of ketones is 1. The zero-order valence-electron chi connectivity index (χ0n) is 13.2. The molecule has 0 saturated heterocycles. The fourth-order valence-corrected chi connectivity index (χ4v) is 2.37. The van der Waals surface area contributed by atoms with E-state index in [2.05, 4.69) is 29.6 Å². The molecule has 1 atom stereocenters. The Morgan fingerprint density at radius 1 is 1.05 bits per heavy atom. The summed E-state index contributed by atoms with van der Waals surface area (Å²) in [5, 5.41) is 2.79. The number of unbranched alkanes of at least 4 members (excludes halogenated alkanes) is 3. The third-order valence-corrected chi connectivity index (χ3v) is 3.70. The molecular formula is C18H27NO2. The van der Waals surface area contributed by atoms with E-state index in [1.165, 1.54) is 12.5 Å². The van der Waals surface area contributed by atoms with Crippen LogP contribution in [-0.4, -0.2) is 17.7 Å². The zero-order valence-corrected chi connectivity index (χ0v) is 13.2. The van der Waals surface area contributed by atoms with Crippen molar-refractivity contribution < 1.29 is 9.59 Å². The maximum atomic E-state index is 11.7. The Hall–Kier alpha value is -1.64. The van der Waals surface area contributed by atoms with Crippen LogP contribution < -0.4 is 5.32 Å². The molecule has 0 radical (unpaired) electrons. The van der Waals surface area contributed by atoms with Crippen molar-refractivity contribution in [2.24, 2.45) is 0 Å². The number of hydrogen-bond donors (Lipinski definition) is 1. The van der Waals surface area contributed by atoms with Crippen molar-refractivity contribution in [2.75, 3.05) is 0 Å². The fraction of sp³-hybridized carbons (Fsp3) is 0.556. The highest BCUT2D eigenvalue weighted by molar-refractivity contribution is 5.87. The van der Waals surface area contributed by atoms with Crippen LogP contribution in [0.2, 0.25) is 0 Å². The Labute approximate surface area is 128 Å². The van der Waals surface area contributed by atoms with Crippen LogP contribution in [0.1, 0.15) is 57.9 Å². The first-order chi connectivity index (χ1) is 10.1. The summed E-state index contributed by atoms with van der Waals surface area (Å²) in [4.78, 5) is 23.0. The number of aryl methyl sites for hydroxylation is 1. The van der Waals surface area contributed by atoms with Gasteiger partial charge in [0.05, 0.1) is 6.04 Å². The van der Waals surface area contributed by atoms with Crippen LogP contribution in [0.3, 0.4) is 0 Å². The normalized spacial score (nSPS) is 11.9. The van der Waals surface area contributed by atoms with Gasteiger partial charge in [-0.25, -0.2) is 0 Å². The number of carbonyl (C=O) groups excluding carboxylic acids is 2. The summed E-state index contributed by atoms with van der Waals surface area (Å²) in [7, 11) is 0. The SMILES string of the molecule is CC[C@H](NC(=O)CCCCCCc1ccccc1)C(C)=O. The number of rotatable bonds is 10. The number of carbonyl (C=O) groups is 2. The topological polar surface area (TPSA) is 46.2 Å². The second-order valence-corrected chi connectivity index (χ2v) is 5.54. The van der Waals surface area contributed by atoms with Crippen molar-refractivity contribution in [3.05, 3.63) is 35.9 Å². The van der Waals surface area contributed by atoms with E-state index in [0.29, 0.717) is 12.8 Å². The molecule has 0 heterocycles. The summed E-state index contributed by atoms with van der Waals surface area (Å²) in [6, 6.07) is 10.2. The molecule has 0 bridgehead atoms. The predicted molar refractivity (Wildman–Crippen MR) is 86.1 cm³/mol. The number of benzene rings is 1. The van der Waals surface area contributed by atoms with Gasteiger partial charge in [0.1, 0.15) is 0 Å². The van der Waals surface area contributed by atoms with Crippen molar-refractivity contribution >= 4 is 11.7 Å². The van der Waals surface area contributed by atoms with E-state index in [9.17, 15) is 9.59 Å². The predicted octanol–water partition coefficient (Wildman–Crippen LogP) is 3.66. The van der Waals surface area contributed by atoms with Crippen LogP contribution in [0.15, 0.2) is 30.3 Å². The molecule has 1 aromatic carbocycles. The van der Waals surface area contributed by atoms with Gasteiger partial charge in [0.25, 0.3) is 0 Å². The van der Waals surface area contributed by atoms with Crippen LogP contribution in [0.25, 0.3) is 0 Å². The third kappa shape index (κ3) is 7.64. The molecule has 0 aliphatic rings. The highest BCUT2D eigenvalue weighted by Crippen LogP contribution is 2.09. The maximum Gasteiger partial charge on any atom is 0.220 e. The van der Waals surface area contributed by atoms with E-state index in [1.807, 2.05) is 13.0 Å². The minimum absolute atomic E-state index is 0.000101. The number of nitrogens with one attached hydrogen (secondary N) is 1. The van der Waals surface area contributed by atoms with Gasteiger partial charge >= 0.3 is 0 Å². The molecular weight excluding hydrogens is 262 g/mol. The molecule has 0 aliphatic heterocycles. The molecule has 3 nitrogen and oxygen atoms in total. The molecule has 3 heteroatoms. The monoisotopic (exact) mass is 289 g/mol. The first-order valence-electron chi connectivity index (χ1n) is 7.97. The van der Waals surface area contributed by atoms with E-state index in [4.69, 9.17) is 0 Å². The molecule has 116 valence electrons. The Bertz CT molecular complexity index is 428. The van der Waals surface area contributed by atoms with Gasteiger partial charge in [0, 0.05) is 6.42 Å². The lowest BCUT2D eigenvalue weighted by molar-refractivity contribution is -0.127. The zero-order chi connectivity index (χ0) is 15.5. The number of Topliss-reactive ketones (excluding diaryl/α,β-unsaturated/α-hetero) is 1. The quantitative estimate of drug-likeness (QED) is 0.668. The average molecular weight is 289 g/mol. The lowest BCUT2D eigenvalue weighted by Crippen LogP contribution is -2.39. The number of hydrogen-bond acceptors (Lipinski definition) is 2. The summed E-state index contributed by atoms with van der Waals surface area (Å²) < 4.78 is 0. The van der Waals surface area contributed by atoms with E-state index < -0.39 is 0 Å². The number of amides is 1. The third-order valence-electron chi connectivity index (χ3n) is 3.70. The van der Waals surface area contributed by atoms with Crippen LogP contribution in [0, 0.1) is 0 Å². The summed E-state index contributed by atoms with van der Waals surface area (Å²) in [5.74, 6) is 0.0359. The standard InChI is InChI=1S/C18H27NO2/c1-3-17(15(2)20)19-18(21)14-10-5-4-7-11-16-12-8-6-9-13-16/h6,8-9,12-13,17H,3-5,7,10-11,14H2,1-2H3,(H,19,21)/t17-/m0/s1. The summed E-state index contributed by atoms with van der Waals surface area (Å²) >= 11 is 0. The second-order valence-electron chi connectivity index (χ2n) is 5.54. The van der Waals surface area contributed by atoms with E-state index in [1.54, 1.807) is 0 Å². The Morgan fingerprint density at radius 3 is 2.33 bits per heavy atom. The van der Waals surface area contributed by atoms with Crippen LogP contribution >= 0.6 is 0 Å². The van der Waals surface area contributed by atoms with Gasteiger partial charge in [0.2, 0.25) is 5.91 Å². The van der Waals surface area contributed by atoms with Crippen LogP contribution in [0.5, 0.6) is 0 Å². The van der Waals surface area contributed by atoms with Gasteiger partial charge in [-0.15, -0.1) is 0 Å².